The lowest BCUT2D eigenvalue weighted by Crippen LogP contribution is -2.40. The van der Waals surface area contributed by atoms with Crippen molar-refractivity contribution in [1.29, 1.82) is 0 Å². The highest BCUT2D eigenvalue weighted by Gasteiger charge is 2.20. The molecule has 174 valence electrons. The van der Waals surface area contributed by atoms with Crippen molar-refractivity contribution < 1.29 is 9.84 Å². The third-order valence-corrected chi connectivity index (χ3v) is 5.49. The summed E-state index contributed by atoms with van der Waals surface area (Å²) < 4.78 is 5.48. The van der Waals surface area contributed by atoms with Crippen molar-refractivity contribution in [3.8, 4) is 5.88 Å². The SMILES string of the molecule is Cl.Cl.Oc1nc(N[C@H](CN2CCOCC2)c2ccccc2)[nH]c1C=C1C=Nc2ncccc21. The Labute approximate surface area is 204 Å². The second-order valence-electron chi connectivity index (χ2n) is 7.58. The molecule has 1 atom stereocenters. The number of aromatic hydroxyl groups is 1. The van der Waals surface area contributed by atoms with E-state index in [-0.39, 0.29) is 36.7 Å². The van der Waals surface area contributed by atoms with E-state index in [0.29, 0.717) is 17.5 Å². The average Bonchev–Trinajstić information content (AvgIpc) is 3.38. The summed E-state index contributed by atoms with van der Waals surface area (Å²) in [5, 5.41) is 13.9. The van der Waals surface area contributed by atoms with Gasteiger partial charge in [0, 0.05) is 43.2 Å². The minimum Gasteiger partial charge on any atom is -0.492 e. The number of anilines is 1. The Bertz CT molecular complexity index is 1110. The monoisotopic (exact) mass is 488 g/mol. The van der Waals surface area contributed by atoms with Crippen LogP contribution in [-0.2, 0) is 4.74 Å². The molecule has 3 N–H and O–H groups in total. The molecule has 2 aromatic heterocycles. The number of morpholine rings is 1. The van der Waals surface area contributed by atoms with E-state index in [0.717, 1.165) is 49.5 Å². The summed E-state index contributed by atoms with van der Waals surface area (Å²) in [5.74, 6) is 1.15. The molecule has 33 heavy (non-hydrogen) atoms. The fourth-order valence-corrected chi connectivity index (χ4v) is 3.87. The van der Waals surface area contributed by atoms with Crippen molar-refractivity contribution in [3.63, 3.8) is 0 Å². The minimum atomic E-state index is -0.0566. The molecule has 1 aromatic carbocycles. The Morgan fingerprint density at radius 3 is 2.70 bits per heavy atom. The van der Waals surface area contributed by atoms with Gasteiger partial charge in [-0.15, -0.1) is 24.8 Å². The highest BCUT2D eigenvalue weighted by molar-refractivity contribution is 6.20. The van der Waals surface area contributed by atoms with Crippen LogP contribution in [0.25, 0.3) is 11.6 Å². The van der Waals surface area contributed by atoms with Gasteiger partial charge in [-0.05, 0) is 23.8 Å². The number of aromatic amines is 1. The Balaban J connectivity index is 0.00000153. The van der Waals surface area contributed by atoms with E-state index < -0.39 is 0 Å². The van der Waals surface area contributed by atoms with E-state index in [4.69, 9.17) is 4.74 Å². The van der Waals surface area contributed by atoms with Gasteiger partial charge < -0.3 is 20.1 Å². The molecule has 3 aromatic rings. The lowest BCUT2D eigenvalue weighted by molar-refractivity contribution is 0.0360. The number of rotatable bonds is 6. The predicted molar refractivity (Wildman–Crippen MR) is 135 cm³/mol. The zero-order valence-corrected chi connectivity index (χ0v) is 19.5. The van der Waals surface area contributed by atoms with Gasteiger partial charge in [0.1, 0.15) is 5.69 Å². The molecule has 1 saturated heterocycles. The molecule has 2 aliphatic rings. The number of pyridine rings is 1. The number of hydrogen-bond donors (Lipinski definition) is 3. The molecule has 0 amide bonds. The van der Waals surface area contributed by atoms with Crippen LogP contribution in [0.4, 0.5) is 11.8 Å². The number of hydrogen-bond acceptors (Lipinski definition) is 7. The average molecular weight is 489 g/mol. The first-order valence-corrected chi connectivity index (χ1v) is 10.4. The lowest BCUT2D eigenvalue weighted by atomic mass is 10.1. The van der Waals surface area contributed by atoms with Gasteiger partial charge in [-0.2, -0.15) is 4.98 Å². The van der Waals surface area contributed by atoms with Crippen molar-refractivity contribution in [1.82, 2.24) is 19.9 Å². The lowest BCUT2D eigenvalue weighted by Gasteiger charge is -2.31. The molecule has 5 rings (SSSR count). The van der Waals surface area contributed by atoms with Crippen LogP contribution < -0.4 is 5.32 Å². The Kier molecular flexibility index (Phi) is 8.46. The number of benzene rings is 1. The van der Waals surface area contributed by atoms with Crippen molar-refractivity contribution in [3.05, 3.63) is 65.5 Å². The number of imidazole rings is 1. The molecular formula is C23H26Cl2N6O2. The van der Waals surface area contributed by atoms with Gasteiger partial charge in [0.05, 0.1) is 19.3 Å². The van der Waals surface area contributed by atoms with Crippen molar-refractivity contribution in [2.45, 2.75) is 6.04 Å². The highest BCUT2D eigenvalue weighted by Crippen LogP contribution is 2.32. The number of nitrogens with zero attached hydrogens (tertiary/aromatic N) is 4. The van der Waals surface area contributed by atoms with Gasteiger partial charge in [0.25, 0.3) is 0 Å². The number of H-pyrrole nitrogens is 1. The van der Waals surface area contributed by atoms with Crippen LogP contribution in [0.5, 0.6) is 5.88 Å². The fraction of sp³-hybridized carbons (Fsp3) is 0.261. The van der Waals surface area contributed by atoms with E-state index in [2.05, 4.69) is 42.3 Å². The maximum atomic E-state index is 10.4. The molecular weight excluding hydrogens is 463 g/mol. The normalized spacial score (nSPS) is 17.2. The van der Waals surface area contributed by atoms with Gasteiger partial charge in [-0.3, -0.25) is 4.90 Å². The standard InChI is InChI=1S/C23H24N6O2.2ClH/c30-22-19(13-17-14-25-21-18(17)7-4-8-24-21)26-23(28-22)27-20(16-5-2-1-3-6-16)15-29-9-11-31-12-10-29;;/h1-8,13-14,20,30H,9-12,15H2,(H2,26,27,28);2*1H/t20-;;/m1../s1. The first kappa shape index (κ1) is 24.7. The largest absolute Gasteiger partial charge is 0.492 e. The minimum absolute atomic E-state index is 0. The number of ether oxygens (including phenoxy) is 1. The van der Waals surface area contributed by atoms with Gasteiger partial charge in [-0.1, -0.05) is 30.3 Å². The van der Waals surface area contributed by atoms with E-state index in [1.165, 1.54) is 0 Å². The van der Waals surface area contributed by atoms with Crippen LogP contribution in [0.15, 0.2) is 53.7 Å². The summed E-state index contributed by atoms with van der Waals surface area (Å²) in [6.45, 7) is 4.12. The van der Waals surface area contributed by atoms with Gasteiger partial charge in [0.15, 0.2) is 5.82 Å². The molecule has 0 unspecified atom stereocenters. The van der Waals surface area contributed by atoms with Crippen LogP contribution in [0, 0.1) is 0 Å². The summed E-state index contributed by atoms with van der Waals surface area (Å²) >= 11 is 0. The first-order valence-electron chi connectivity index (χ1n) is 10.4. The smallest absolute Gasteiger partial charge is 0.238 e. The molecule has 1 fully saturated rings. The van der Waals surface area contributed by atoms with Gasteiger partial charge >= 0.3 is 0 Å². The number of nitrogens with one attached hydrogen (secondary N) is 2. The maximum absolute atomic E-state index is 10.4. The van der Waals surface area contributed by atoms with E-state index in [9.17, 15) is 5.11 Å². The second kappa shape index (κ2) is 11.3. The van der Waals surface area contributed by atoms with E-state index >= 15 is 0 Å². The molecule has 0 saturated carbocycles. The Hall–Kier alpha value is -2.91. The number of allylic oxidation sites excluding steroid dienone is 1. The molecule has 0 aliphatic carbocycles. The van der Waals surface area contributed by atoms with Gasteiger partial charge in [0.2, 0.25) is 11.8 Å². The second-order valence-corrected chi connectivity index (χ2v) is 7.58. The Morgan fingerprint density at radius 1 is 1.12 bits per heavy atom. The molecule has 0 spiro atoms. The Morgan fingerprint density at radius 2 is 1.91 bits per heavy atom. The fourth-order valence-electron chi connectivity index (χ4n) is 3.87. The first-order chi connectivity index (χ1) is 15.3. The topological polar surface area (TPSA) is 98.7 Å². The van der Waals surface area contributed by atoms with Crippen LogP contribution in [0.3, 0.4) is 0 Å². The summed E-state index contributed by atoms with van der Waals surface area (Å²) in [4.78, 5) is 18.5. The molecule has 0 radical (unpaired) electrons. The van der Waals surface area contributed by atoms with Gasteiger partial charge in [-0.25, -0.2) is 9.98 Å². The highest BCUT2D eigenvalue weighted by atomic mass is 35.5. The molecule has 2 aliphatic heterocycles. The van der Waals surface area contributed by atoms with Crippen LogP contribution >= 0.6 is 24.8 Å². The van der Waals surface area contributed by atoms with E-state index in [1.807, 2.05) is 36.4 Å². The zero-order valence-electron chi connectivity index (χ0n) is 17.8. The van der Waals surface area contributed by atoms with Crippen LogP contribution in [0.2, 0.25) is 0 Å². The molecule has 10 heteroatoms. The summed E-state index contributed by atoms with van der Waals surface area (Å²) in [6.07, 6.45) is 5.30. The van der Waals surface area contributed by atoms with Crippen LogP contribution in [0.1, 0.15) is 22.9 Å². The van der Waals surface area contributed by atoms with Crippen LogP contribution in [-0.4, -0.2) is 64.0 Å². The summed E-state index contributed by atoms with van der Waals surface area (Å²) in [6, 6.07) is 14.1. The third kappa shape index (κ3) is 5.72. The van der Waals surface area contributed by atoms with Crippen molar-refractivity contribution in [2.24, 2.45) is 4.99 Å². The summed E-state index contributed by atoms with van der Waals surface area (Å²) in [5.41, 5.74) is 3.49. The quantitative estimate of drug-likeness (QED) is 0.483. The number of fused-ring (bicyclic) bond motifs is 1. The molecule has 4 heterocycles. The third-order valence-electron chi connectivity index (χ3n) is 5.49. The van der Waals surface area contributed by atoms with E-state index in [1.54, 1.807) is 12.4 Å². The number of aromatic nitrogens is 3. The van der Waals surface area contributed by atoms with Crippen molar-refractivity contribution in [2.75, 3.05) is 38.2 Å². The predicted octanol–water partition coefficient (Wildman–Crippen LogP) is 4.10. The van der Waals surface area contributed by atoms with Crippen molar-refractivity contribution >= 4 is 54.4 Å². The molecule has 8 nitrogen and oxygen atoms in total. The zero-order chi connectivity index (χ0) is 21.0. The maximum Gasteiger partial charge on any atom is 0.238 e. The molecule has 0 bridgehead atoms. The summed E-state index contributed by atoms with van der Waals surface area (Å²) in [7, 11) is 0. The number of halogens is 2. The number of aliphatic imine (C=N–C) groups is 1.